The molecule has 136 valence electrons. The first-order chi connectivity index (χ1) is 11.6. The summed E-state index contributed by atoms with van der Waals surface area (Å²) in [6.45, 7) is 7.38. The van der Waals surface area contributed by atoms with Crippen molar-refractivity contribution in [1.82, 2.24) is 4.90 Å². The van der Waals surface area contributed by atoms with Crippen LogP contribution in [0.2, 0.25) is 0 Å². The number of carbonyl (C=O) groups excluding carboxylic acids is 2. The van der Waals surface area contributed by atoms with Crippen molar-refractivity contribution >= 4 is 24.6 Å². The Hall–Kier alpha value is -2.06. The van der Waals surface area contributed by atoms with E-state index >= 15 is 0 Å². The first kappa shape index (κ1) is 19.3. The number of benzene rings is 1. The van der Waals surface area contributed by atoms with E-state index in [2.05, 4.69) is 0 Å². The van der Waals surface area contributed by atoms with Crippen molar-refractivity contribution < 1.29 is 29.1 Å². The summed E-state index contributed by atoms with van der Waals surface area (Å²) < 4.78 is 10.5. The Bertz CT molecular complexity index is 655. The second-order valence-electron chi connectivity index (χ2n) is 6.98. The molecule has 0 saturated heterocycles. The van der Waals surface area contributed by atoms with Gasteiger partial charge in [-0.05, 0) is 44.3 Å². The van der Waals surface area contributed by atoms with E-state index < -0.39 is 30.8 Å². The van der Waals surface area contributed by atoms with Gasteiger partial charge in [-0.3, -0.25) is 4.90 Å². The first-order valence-corrected chi connectivity index (χ1v) is 8.26. The molecule has 1 heterocycles. The van der Waals surface area contributed by atoms with Gasteiger partial charge in [-0.2, -0.15) is 0 Å². The van der Waals surface area contributed by atoms with Crippen LogP contribution in [-0.4, -0.2) is 52.4 Å². The highest BCUT2D eigenvalue weighted by atomic mass is 16.6. The largest absolute Gasteiger partial charge is 0.488 e. The van der Waals surface area contributed by atoms with Crippen LogP contribution in [0.3, 0.4) is 0 Å². The van der Waals surface area contributed by atoms with Crippen molar-refractivity contribution in [3.63, 3.8) is 0 Å². The maximum Gasteiger partial charge on any atom is 0.488 e. The van der Waals surface area contributed by atoms with Crippen LogP contribution in [0.25, 0.3) is 0 Å². The van der Waals surface area contributed by atoms with Crippen molar-refractivity contribution in [1.29, 1.82) is 0 Å². The molecule has 1 aromatic rings. The maximum atomic E-state index is 12.5. The molecule has 1 aromatic carbocycles. The monoisotopic (exact) mass is 349 g/mol. The Morgan fingerprint density at radius 1 is 1.28 bits per heavy atom. The fourth-order valence-electron chi connectivity index (χ4n) is 2.72. The van der Waals surface area contributed by atoms with E-state index in [0.29, 0.717) is 5.46 Å². The number of fused-ring (bicyclic) bond motifs is 1. The number of rotatable bonds is 3. The van der Waals surface area contributed by atoms with Gasteiger partial charge in [-0.25, -0.2) is 9.59 Å². The number of amides is 1. The van der Waals surface area contributed by atoms with Crippen molar-refractivity contribution in [2.75, 3.05) is 6.61 Å². The fraction of sp³-hybridized carbons (Fsp3) is 0.529. The summed E-state index contributed by atoms with van der Waals surface area (Å²) in [6.07, 6.45) is -0.351. The molecule has 0 aliphatic carbocycles. The Morgan fingerprint density at radius 3 is 2.52 bits per heavy atom. The van der Waals surface area contributed by atoms with Gasteiger partial charge in [0.1, 0.15) is 11.6 Å². The average Bonchev–Trinajstić information content (AvgIpc) is 2.51. The number of esters is 1. The Balaban J connectivity index is 2.34. The lowest BCUT2D eigenvalue weighted by atomic mass is 9.77. The second-order valence-corrected chi connectivity index (χ2v) is 6.98. The first-order valence-electron chi connectivity index (χ1n) is 8.26. The molecule has 1 atom stereocenters. The minimum atomic E-state index is -1.59. The molecule has 0 saturated carbocycles. The van der Waals surface area contributed by atoms with E-state index in [9.17, 15) is 19.6 Å². The van der Waals surface area contributed by atoms with E-state index in [1.54, 1.807) is 45.9 Å². The van der Waals surface area contributed by atoms with Crippen LogP contribution in [0.4, 0.5) is 4.79 Å². The SMILES string of the molecule is CCOC(=O)C1Cc2cc(B(O)O)ccc2CN1C(=O)OC(C)(C)C. The summed E-state index contributed by atoms with van der Waals surface area (Å²) >= 11 is 0. The van der Waals surface area contributed by atoms with Gasteiger partial charge in [0.05, 0.1) is 13.2 Å². The predicted molar refractivity (Wildman–Crippen MR) is 92.2 cm³/mol. The molecule has 2 N–H and O–H groups in total. The van der Waals surface area contributed by atoms with Gasteiger partial charge < -0.3 is 19.5 Å². The molecule has 0 spiro atoms. The number of nitrogens with zero attached hydrogens (tertiary/aromatic N) is 1. The molecule has 0 fully saturated rings. The van der Waals surface area contributed by atoms with E-state index in [1.807, 2.05) is 0 Å². The Morgan fingerprint density at radius 2 is 1.96 bits per heavy atom. The molecule has 1 aliphatic heterocycles. The minimum Gasteiger partial charge on any atom is -0.464 e. The normalized spacial score (nSPS) is 16.9. The van der Waals surface area contributed by atoms with Crippen LogP contribution < -0.4 is 5.46 Å². The van der Waals surface area contributed by atoms with Crippen LogP contribution in [0.5, 0.6) is 0 Å². The standard InChI is InChI=1S/C17H24BNO6/c1-5-24-15(20)14-9-12-8-13(18(22)23)7-6-11(12)10-19(14)16(21)25-17(2,3)4/h6-8,14,22-23H,5,9-10H2,1-4H3. The van der Waals surface area contributed by atoms with Gasteiger partial charge >= 0.3 is 19.2 Å². The Labute approximate surface area is 147 Å². The fourth-order valence-corrected chi connectivity index (χ4v) is 2.72. The molecule has 2 rings (SSSR count). The summed E-state index contributed by atoms with van der Waals surface area (Å²) in [6, 6.07) is 4.14. The summed E-state index contributed by atoms with van der Waals surface area (Å²) in [5.74, 6) is -0.506. The van der Waals surface area contributed by atoms with Crippen molar-refractivity contribution in [2.24, 2.45) is 0 Å². The zero-order chi connectivity index (χ0) is 18.8. The Kier molecular flexibility index (Phi) is 5.74. The summed E-state index contributed by atoms with van der Waals surface area (Å²) in [7, 11) is -1.59. The van der Waals surface area contributed by atoms with Crippen LogP contribution in [0, 0.1) is 0 Å². The highest BCUT2D eigenvalue weighted by Gasteiger charge is 2.38. The zero-order valence-electron chi connectivity index (χ0n) is 15.0. The van der Waals surface area contributed by atoms with Crippen LogP contribution in [-0.2, 0) is 27.2 Å². The lowest BCUT2D eigenvalue weighted by Gasteiger charge is -2.36. The summed E-state index contributed by atoms with van der Waals surface area (Å²) in [4.78, 5) is 26.2. The van der Waals surface area contributed by atoms with Crippen LogP contribution in [0.15, 0.2) is 18.2 Å². The third-order valence-corrected chi connectivity index (χ3v) is 3.85. The predicted octanol–water partition coefficient (Wildman–Crippen LogP) is 0.591. The molecular weight excluding hydrogens is 325 g/mol. The van der Waals surface area contributed by atoms with Gasteiger partial charge in [0.25, 0.3) is 0 Å². The third kappa shape index (κ3) is 4.73. The second kappa shape index (κ2) is 7.45. The summed E-state index contributed by atoms with van der Waals surface area (Å²) in [5, 5.41) is 18.7. The molecule has 0 radical (unpaired) electrons. The number of carbonyl (C=O) groups is 2. The molecular formula is C17H24BNO6. The van der Waals surface area contributed by atoms with E-state index in [4.69, 9.17) is 9.47 Å². The molecule has 1 unspecified atom stereocenters. The van der Waals surface area contributed by atoms with Crippen molar-refractivity contribution in [3.05, 3.63) is 29.3 Å². The molecule has 1 amide bonds. The van der Waals surface area contributed by atoms with Crippen LogP contribution >= 0.6 is 0 Å². The van der Waals surface area contributed by atoms with E-state index in [-0.39, 0.29) is 19.6 Å². The molecule has 1 aliphatic rings. The highest BCUT2D eigenvalue weighted by Crippen LogP contribution is 2.25. The van der Waals surface area contributed by atoms with Crippen molar-refractivity contribution in [2.45, 2.75) is 52.3 Å². The maximum absolute atomic E-state index is 12.5. The average molecular weight is 349 g/mol. The number of ether oxygens (including phenoxy) is 2. The molecule has 7 nitrogen and oxygen atoms in total. The number of hydrogen-bond acceptors (Lipinski definition) is 6. The molecule has 0 aromatic heterocycles. The topological polar surface area (TPSA) is 96.3 Å². The van der Waals surface area contributed by atoms with Gasteiger partial charge in [-0.1, -0.05) is 18.2 Å². The van der Waals surface area contributed by atoms with E-state index in [1.165, 1.54) is 4.90 Å². The van der Waals surface area contributed by atoms with Gasteiger partial charge in [-0.15, -0.1) is 0 Å². The molecule has 8 heteroatoms. The summed E-state index contributed by atoms with van der Waals surface area (Å²) in [5.41, 5.74) is 1.27. The minimum absolute atomic E-state index is 0.190. The third-order valence-electron chi connectivity index (χ3n) is 3.85. The molecule has 25 heavy (non-hydrogen) atoms. The number of hydrogen-bond donors (Lipinski definition) is 2. The van der Waals surface area contributed by atoms with Gasteiger partial charge in [0, 0.05) is 6.42 Å². The van der Waals surface area contributed by atoms with Gasteiger partial charge in [0.2, 0.25) is 0 Å². The lowest BCUT2D eigenvalue weighted by molar-refractivity contribution is -0.150. The van der Waals surface area contributed by atoms with Crippen LogP contribution in [0.1, 0.15) is 38.8 Å². The highest BCUT2D eigenvalue weighted by molar-refractivity contribution is 6.58. The zero-order valence-corrected chi connectivity index (χ0v) is 15.0. The lowest BCUT2D eigenvalue weighted by Crippen LogP contribution is -2.51. The molecule has 0 bridgehead atoms. The van der Waals surface area contributed by atoms with Crippen molar-refractivity contribution in [3.8, 4) is 0 Å². The smallest absolute Gasteiger partial charge is 0.464 e. The van der Waals surface area contributed by atoms with E-state index in [0.717, 1.165) is 11.1 Å². The van der Waals surface area contributed by atoms with Gasteiger partial charge in [0.15, 0.2) is 0 Å². The quantitative estimate of drug-likeness (QED) is 0.613.